The lowest BCUT2D eigenvalue weighted by atomic mass is 9.88. The standard InChI is InChI=1S/C16H21BrO/c17-15(13-8-9-13)6-3-4-12-10-11-18-16-7-2-1-5-14(12)16/h1-2,5,7,12-13,15H,3-4,6,8-11H2. The first-order chi connectivity index (χ1) is 8.84. The third-order valence-electron chi connectivity index (χ3n) is 4.25. The van der Waals surface area contributed by atoms with Crippen molar-refractivity contribution in [1.82, 2.24) is 0 Å². The van der Waals surface area contributed by atoms with Crippen LogP contribution >= 0.6 is 15.9 Å². The molecule has 0 N–H and O–H groups in total. The lowest BCUT2D eigenvalue weighted by Crippen LogP contribution is -2.14. The molecule has 1 heterocycles. The molecule has 1 aliphatic carbocycles. The van der Waals surface area contributed by atoms with Crippen molar-refractivity contribution in [2.75, 3.05) is 6.61 Å². The maximum atomic E-state index is 5.72. The highest BCUT2D eigenvalue weighted by Gasteiger charge is 2.29. The monoisotopic (exact) mass is 308 g/mol. The number of alkyl halides is 1. The molecule has 0 spiro atoms. The second kappa shape index (κ2) is 5.64. The molecule has 2 atom stereocenters. The lowest BCUT2D eigenvalue weighted by Gasteiger charge is -2.26. The second-order valence-electron chi connectivity index (χ2n) is 5.66. The van der Waals surface area contributed by atoms with Crippen LogP contribution in [0.2, 0.25) is 0 Å². The zero-order valence-electron chi connectivity index (χ0n) is 10.8. The lowest BCUT2D eigenvalue weighted by molar-refractivity contribution is 0.261. The van der Waals surface area contributed by atoms with Crippen molar-refractivity contribution in [2.24, 2.45) is 5.92 Å². The van der Waals surface area contributed by atoms with E-state index in [1.165, 1.54) is 44.1 Å². The molecule has 0 bridgehead atoms. The molecular formula is C16H21BrO. The van der Waals surface area contributed by atoms with Crippen molar-refractivity contribution in [1.29, 1.82) is 0 Å². The zero-order valence-corrected chi connectivity index (χ0v) is 12.4. The number of para-hydroxylation sites is 1. The van der Waals surface area contributed by atoms with Crippen LogP contribution in [0.15, 0.2) is 24.3 Å². The highest BCUT2D eigenvalue weighted by Crippen LogP contribution is 2.40. The first-order valence-electron chi connectivity index (χ1n) is 7.20. The predicted octanol–water partition coefficient (Wildman–Crippen LogP) is 4.90. The van der Waals surface area contributed by atoms with Crippen LogP contribution < -0.4 is 4.74 Å². The van der Waals surface area contributed by atoms with E-state index in [9.17, 15) is 0 Å². The molecule has 0 aromatic heterocycles. The quantitative estimate of drug-likeness (QED) is 0.703. The zero-order chi connectivity index (χ0) is 12.4. The number of halogens is 1. The Morgan fingerprint density at radius 1 is 1.22 bits per heavy atom. The molecule has 1 saturated carbocycles. The van der Waals surface area contributed by atoms with Gasteiger partial charge in [0.2, 0.25) is 0 Å². The van der Waals surface area contributed by atoms with E-state index in [2.05, 4.69) is 40.2 Å². The Morgan fingerprint density at radius 2 is 2.06 bits per heavy atom. The average molecular weight is 309 g/mol. The Morgan fingerprint density at radius 3 is 2.89 bits per heavy atom. The SMILES string of the molecule is BrC(CCCC1CCOc2ccccc21)C1CC1. The molecule has 98 valence electrons. The third-order valence-corrected chi connectivity index (χ3v) is 5.45. The van der Waals surface area contributed by atoms with Gasteiger partial charge in [0.25, 0.3) is 0 Å². The van der Waals surface area contributed by atoms with E-state index in [0.717, 1.165) is 23.1 Å². The van der Waals surface area contributed by atoms with E-state index in [-0.39, 0.29) is 0 Å². The fraction of sp³-hybridized carbons (Fsp3) is 0.625. The summed E-state index contributed by atoms with van der Waals surface area (Å²) >= 11 is 3.84. The molecular weight excluding hydrogens is 288 g/mol. The first kappa shape index (κ1) is 12.5. The van der Waals surface area contributed by atoms with Gasteiger partial charge in [-0.1, -0.05) is 40.5 Å². The highest BCUT2D eigenvalue weighted by molar-refractivity contribution is 9.09. The fourth-order valence-corrected chi connectivity index (χ4v) is 3.82. The van der Waals surface area contributed by atoms with Crippen molar-refractivity contribution < 1.29 is 4.74 Å². The Kier molecular flexibility index (Phi) is 3.93. The summed E-state index contributed by atoms with van der Waals surface area (Å²) in [5.74, 6) is 2.81. The fourth-order valence-electron chi connectivity index (χ4n) is 2.97. The average Bonchev–Trinajstić information content (AvgIpc) is 3.23. The number of rotatable bonds is 5. The molecule has 0 amide bonds. The van der Waals surface area contributed by atoms with Crippen LogP contribution in [0.5, 0.6) is 5.75 Å². The largest absolute Gasteiger partial charge is 0.493 e. The number of hydrogen-bond acceptors (Lipinski definition) is 1. The van der Waals surface area contributed by atoms with Crippen molar-refractivity contribution >= 4 is 15.9 Å². The minimum atomic E-state index is 0.717. The first-order valence-corrected chi connectivity index (χ1v) is 8.12. The number of benzene rings is 1. The summed E-state index contributed by atoms with van der Waals surface area (Å²) in [5, 5.41) is 0. The van der Waals surface area contributed by atoms with E-state index in [1.54, 1.807) is 0 Å². The second-order valence-corrected chi connectivity index (χ2v) is 6.83. The maximum Gasteiger partial charge on any atom is 0.122 e. The van der Waals surface area contributed by atoms with Crippen LogP contribution in [0.3, 0.4) is 0 Å². The smallest absolute Gasteiger partial charge is 0.122 e. The minimum Gasteiger partial charge on any atom is -0.493 e. The van der Waals surface area contributed by atoms with Crippen molar-refractivity contribution in [3.05, 3.63) is 29.8 Å². The van der Waals surface area contributed by atoms with Crippen LogP contribution in [0.4, 0.5) is 0 Å². The predicted molar refractivity (Wildman–Crippen MR) is 78.6 cm³/mol. The van der Waals surface area contributed by atoms with Crippen LogP contribution in [-0.2, 0) is 0 Å². The van der Waals surface area contributed by atoms with E-state index in [4.69, 9.17) is 4.74 Å². The van der Waals surface area contributed by atoms with E-state index in [0.29, 0.717) is 5.92 Å². The van der Waals surface area contributed by atoms with Gasteiger partial charge >= 0.3 is 0 Å². The van der Waals surface area contributed by atoms with Crippen LogP contribution in [0, 0.1) is 5.92 Å². The highest BCUT2D eigenvalue weighted by atomic mass is 79.9. The molecule has 18 heavy (non-hydrogen) atoms. The topological polar surface area (TPSA) is 9.23 Å². The molecule has 1 aromatic rings. The molecule has 0 saturated heterocycles. The summed E-state index contributed by atoms with van der Waals surface area (Å²) < 4.78 is 5.72. The summed E-state index contributed by atoms with van der Waals surface area (Å²) in [6, 6.07) is 8.56. The van der Waals surface area contributed by atoms with Crippen LogP contribution in [0.1, 0.15) is 50.0 Å². The summed E-state index contributed by atoms with van der Waals surface area (Å²) in [6.45, 7) is 0.891. The molecule has 3 rings (SSSR count). The van der Waals surface area contributed by atoms with Gasteiger partial charge in [0.05, 0.1) is 6.61 Å². The number of hydrogen-bond donors (Lipinski definition) is 0. The molecule has 1 aromatic carbocycles. The molecule has 2 aliphatic rings. The maximum absolute atomic E-state index is 5.72. The Balaban J connectivity index is 1.53. The van der Waals surface area contributed by atoms with Gasteiger partial charge in [-0.25, -0.2) is 0 Å². The van der Waals surface area contributed by atoms with Crippen LogP contribution in [0.25, 0.3) is 0 Å². The van der Waals surface area contributed by atoms with Gasteiger partial charge in [0.1, 0.15) is 5.75 Å². The Hall–Kier alpha value is -0.500. The molecule has 1 aliphatic heterocycles. The summed E-state index contributed by atoms with van der Waals surface area (Å²) in [4.78, 5) is 0.771. The number of fused-ring (bicyclic) bond motifs is 1. The van der Waals surface area contributed by atoms with Crippen molar-refractivity contribution in [3.63, 3.8) is 0 Å². The normalized spacial score (nSPS) is 24.2. The molecule has 2 unspecified atom stereocenters. The van der Waals surface area contributed by atoms with Gasteiger partial charge in [0, 0.05) is 4.83 Å². The van der Waals surface area contributed by atoms with Crippen LogP contribution in [-0.4, -0.2) is 11.4 Å². The van der Waals surface area contributed by atoms with Gasteiger partial charge in [-0.2, -0.15) is 0 Å². The third kappa shape index (κ3) is 2.90. The van der Waals surface area contributed by atoms with Gasteiger partial charge < -0.3 is 4.74 Å². The van der Waals surface area contributed by atoms with Gasteiger partial charge in [-0.05, 0) is 55.6 Å². The minimum absolute atomic E-state index is 0.717. The number of ether oxygens (including phenoxy) is 1. The molecule has 1 fully saturated rings. The van der Waals surface area contributed by atoms with E-state index < -0.39 is 0 Å². The van der Waals surface area contributed by atoms with Gasteiger partial charge in [0.15, 0.2) is 0 Å². The Labute approximate surface area is 118 Å². The van der Waals surface area contributed by atoms with E-state index >= 15 is 0 Å². The molecule has 1 nitrogen and oxygen atoms in total. The summed E-state index contributed by atoms with van der Waals surface area (Å²) in [7, 11) is 0. The van der Waals surface area contributed by atoms with E-state index in [1.807, 2.05) is 0 Å². The summed E-state index contributed by atoms with van der Waals surface area (Å²) in [6.07, 6.45) is 8.06. The molecule has 0 radical (unpaired) electrons. The summed E-state index contributed by atoms with van der Waals surface area (Å²) in [5.41, 5.74) is 1.43. The van der Waals surface area contributed by atoms with Crippen molar-refractivity contribution in [3.8, 4) is 5.75 Å². The Bertz CT molecular complexity index is 400. The van der Waals surface area contributed by atoms with Gasteiger partial charge in [-0.15, -0.1) is 0 Å². The molecule has 2 heteroatoms. The van der Waals surface area contributed by atoms with Crippen molar-refractivity contribution in [2.45, 2.75) is 49.3 Å². The van der Waals surface area contributed by atoms with Gasteiger partial charge in [-0.3, -0.25) is 0 Å².